The topological polar surface area (TPSA) is 57.2 Å². The fourth-order valence-electron chi connectivity index (χ4n) is 2.18. The number of hydrogen-bond acceptors (Lipinski definition) is 3. The van der Waals surface area contributed by atoms with Crippen LogP contribution in [0, 0.1) is 0 Å². The monoisotopic (exact) mass is 302 g/mol. The molecule has 3 nitrogen and oxygen atoms in total. The van der Waals surface area contributed by atoms with Crippen molar-refractivity contribution in [2.45, 2.75) is 31.6 Å². The molecule has 0 atom stereocenters. The van der Waals surface area contributed by atoms with Gasteiger partial charge in [0.2, 0.25) is 0 Å². The summed E-state index contributed by atoms with van der Waals surface area (Å²) in [6, 6.07) is 8.56. The summed E-state index contributed by atoms with van der Waals surface area (Å²) < 4.78 is 33.0. The Kier molecular flexibility index (Phi) is 6.19. The van der Waals surface area contributed by atoms with Crippen LogP contribution in [0.15, 0.2) is 35.2 Å². The van der Waals surface area contributed by atoms with Gasteiger partial charge in [-0.15, -0.1) is 0 Å². The molecular weight excluding hydrogens is 287 g/mol. The molecule has 19 heavy (non-hydrogen) atoms. The van der Waals surface area contributed by atoms with Gasteiger partial charge in [-0.05, 0) is 46.9 Å². The van der Waals surface area contributed by atoms with Gasteiger partial charge in [0.05, 0.1) is 4.90 Å². The Morgan fingerprint density at radius 1 is 0.947 bits per heavy atom. The molecule has 0 fully saturated rings. The molecule has 0 aliphatic rings. The van der Waals surface area contributed by atoms with E-state index in [0.29, 0.717) is 0 Å². The van der Waals surface area contributed by atoms with Crippen LogP contribution >= 0.6 is 0 Å². The molecule has 2 aromatic carbocycles. The Morgan fingerprint density at radius 2 is 1.47 bits per heavy atom. The largest absolute Gasteiger partial charge is 1.00 e. The van der Waals surface area contributed by atoms with Crippen molar-refractivity contribution >= 4 is 20.9 Å². The summed E-state index contributed by atoms with van der Waals surface area (Å²) in [5.41, 5.74) is 2.47. The number of benzene rings is 2. The van der Waals surface area contributed by atoms with Crippen molar-refractivity contribution in [3.63, 3.8) is 0 Å². The third-order valence-corrected chi connectivity index (χ3v) is 4.01. The maximum atomic E-state index is 11.0. The molecule has 0 saturated carbocycles. The molecule has 0 aromatic heterocycles. The van der Waals surface area contributed by atoms with E-state index in [0.717, 1.165) is 23.6 Å². The van der Waals surface area contributed by atoms with Crippen molar-refractivity contribution in [2.75, 3.05) is 0 Å². The Labute approximate surface area is 156 Å². The predicted molar refractivity (Wildman–Crippen MR) is 70.7 cm³/mol. The fraction of sp³-hybridized carbons (Fsp3) is 0.286. The summed E-state index contributed by atoms with van der Waals surface area (Å²) in [4.78, 5) is -0.165. The van der Waals surface area contributed by atoms with Crippen LogP contribution < -0.4 is 51.4 Å². The van der Waals surface area contributed by atoms with Crippen molar-refractivity contribution in [2.24, 2.45) is 0 Å². The third kappa shape index (κ3) is 3.88. The van der Waals surface area contributed by atoms with E-state index in [1.165, 1.54) is 23.3 Å². The van der Waals surface area contributed by atoms with Crippen LogP contribution in [0.2, 0.25) is 0 Å². The van der Waals surface area contributed by atoms with Crippen LogP contribution in [0.1, 0.15) is 25.0 Å². The first-order chi connectivity index (χ1) is 8.45. The summed E-state index contributed by atoms with van der Waals surface area (Å²) in [5, 5.41) is 1.78. The zero-order chi connectivity index (χ0) is 13.3. The van der Waals surface area contributed by atoms with E-state index < -0.39 is 10.1 Å². The smallest absolute Gasteiger partial charge is 0.744 e. The van der Waals surface area contributed by atoms with Gasteiger partial charge in [-0.25, -0.2) is 8.42 Å². The summed E-state index contributed by atoms with van der Waals surface area (Å²) in [5.74, 6) is 0. The second-order valence-electron chi connectivity index (χ2n) is 4.29. The van der Waals surface area contributed by atoms with Crippen LogP contribution in [0.4, 0.5) is 0 Å². The quantitative estimate of drug-likeness (QED) is 0.586. The van der Waals surface area contributed by atoms with Gasteiger partial charge in [0.15, 0.2) is 0 Å². The molecule has 96 valence electrons. The Morgan fingerprint density at radius 3 is 1.95 bits per heavy atom. The number of fused-ring (bicyclic) bond motifs is 1. The molecule has 0 aliphatic carbocycles. The molecular formula is C14H15KO3S. The SMILES string of the molecule is CCc1cc2ccc(S(=O)(=O)[O-])cc2cc1CC.[K+]. The van der Waals surface area contributed by atoms with E-state index in [1.54, 1.807) is 6.07 Å². The van der Waals surface area contributed by atoms with Crippen molar-refractivity contribution in [3.8, 4) is 0 Å². The van der Waals surface area contributed by atoms with Gasteiger partial charge in [-0.2, -0.15) is 0 Å². The summed E-state index contributed by atoms with van der Waals surface area (Å²) >= 11 is 0. The van der Waals surface area contributed by atoms with E-state index in [-0.39, 0.29) is 56.3 Å². The van der Waals surface area contributed by atoms with Crippen molar-refractivity contribution in [3.05, 3.63) is 41.5 Å². The first kappa shape index (κ1) is 17.3. The molecule has 2 rings (SSSR count). The van der Waals surface area contributed by atoms with Crippen molar-refractivity contribution in [1.29, 1.82) is 0 Å². The third-order valence-electron chi connectivity index (χ3n) is 3.18. The van der Waals surface area contributed by atoms with E-state index in [4.69, 9.17) is 0 Å². The fourth-order valence-corrected chi connectivity index (χ4v) is 2.69. The minimum atomic E-state index is -4.38. The Hall–Kier alpha value is 0.246. The molecule has 0 radical (unpaired) electrons. The average Bonchev–Trinajstić information content (AvgIpc) is 2.35. The van der Waals surface area contributed by atoms with Gasteiger partial charge in [-0.3, -0.25) is 0 Å². The molecule has 0 amide bonds. The van der Waals surface area contributed by atoms with Crippen LogP contribution in [-0.2, 0) is 23.0 Å². The van der Waals surface area contributed by atoms with Gasteiger partial charge in [0.25, 0.3) is 0 Å². The predicted octanol–water partition coefficient (Wildman–Crippen LogP) is -0.127. The maximum Gasteiger partial charge on any atom is 1.00 e. The first-order valence-corrected chi connectivity index (χ1v) is 7.38. The van der Waals surface area contributed by atoms with Crippen molar-refractivity contribution < 1.29 is 64.4 Å². The van der Waals surface area contributed by atoms with Crippen LogP contribution in [-0.4, -0.2) is 13.0 Å². The number of aryl methyl sites for hydroxylation is 2. The first-order valence-electron chi connectivity index (χ1n) is 5.97. The Bertz CT molecular complexity index is 693. The molecule has 2 aromatic rings. The molecule has 0 heterocycles. The van der Waals surface area contributed by atoms with Gasteiger partial charge in [0, 0.05) is 0 Å². The molecule has 0 saturated heterocycles. The minimum absolute atomic E-state index is 0. The van der Waals surface area contributed by atoms with Crippen LogP contribution in [0.25, 0.3) is 10.8 Å². The van der Waals surface area contributed by atoms with E-state index in [2.05, 4.69) is 19.9 Å². The summed E-state index contributed by atoms with van der Waals surface area (Å²) in [6.45, 7) is 4.16. The van der Waals surface area contributed by atoms with Gasteiger partial charge >= 0.3 is 51.4 Å². The molecule has 5 heteroatoms. The Balaban J connectivity index is 0.00000180. The van der Waals surface area contributed by atoms with Gasteiger partial charge in [0.1, 0.15) is 10.1 Å². The maximum absolute atomic E-state index is 11.0. The number of hydrogen-bond donors (Lipinski definition) is 0. The molecule has 0 aliphatic heterocycles. The zero-order valence-electron chi connectivity index (χ0n) is 11.4. The molecule has 0 bridgehead atoms. The van der Waals surface area contributed by atoms with Crippen LogP contribution in [0.3, 0.4) is 0 Å². The van der Waals surface area contributed by atoms with E-state index >= 15 is 0 Å². The minimum Gasteiger partial charge on any atom is -0.744 e. The average molecular weight is 302 g/mol. The number of rotatable bonds is 3. The standard InChI is InChI=1S/C14H16O3S.K/c1-3-10-7-12-5-6-14(18(15,16)17)9-13(12)8-11(10)4-2;/h5-9H,3-4H2,1-2H3,(H,15,16,17);/q;+1/p-1. The molecule has 0 N–H and O–H groups in total. The summed E-state index contributed by atoms with van der Waals surface area (Å²) in [6.07, 6.45) is 1.84. The molecule has 0 spiro atoms. The van der Waals surface area contributed by atoms with Crippen molar-refractivity contribution in [1.82, 2.24) is 0 Å². The van der Waals surface area contributed by atoms with E-state index in [9.17, 15) is 13.0 Å². The van der Waals surface area contributed by atoms with E-state index in [1.807, 2.05) is 6.07 Å². The molecule has 0 unspecified atom stereocenters. The van der Waals surface area contributed by atoms with Crippen LogP contribution in [0.5, 0.6) is 0 Å². The zero-order valence-corrected chi connectivity index (χ0v) is 15.4. The normalized spacial score (nSPS) is 11.3. The second-order valence-corrected chi connectivity index (χ2v) is 5.67. The summed E-state index contributed by atoms with van der Waals surface area (Å²) in [7, 11) is -4.38. The second kappa shape index (κ2) is 6.80. The van der Waals surface area contributed by atoms with Gasteiger partial charge < -0.3 is 4.55 Å². The van der Waals surface area contributed by atoms with Gasteiger partial charge in [-0.1, -0.05) is 32.0 Å².